The molecule has 3 rings (SSSR count). The Morgan fingerprint density at radius 1 is 1.30 bits per heavy atom. The van der Waals surface area contributed by atoms with E-state index < -0.39 is 0 Å². The van der Waals surface area contributed by atoms with Gasteiger partial charge in [-0.05, 0) is 43.5 Å². The summed E-state index contributed by atoms with van der Waals surface area (Å²) in [5.41, 5.74) is 0.433. The van der Waals surface area contributed by atoms with Gasteiger partial charge in [-0.2, -0.15) is 0 Å². The number of benzene rings is 1. The number of anilines is 1. The van der Waals surface area contributed by atoms with Crippen LogP contribution < -0.4 is 5.32 Å². The molecule has 0 aliphatic carbocycles. The maximum absolute atomic E-state index is 13.0. The quantitative estimate of drug-likeness (QED) is 0.819. The molecule has 0 radical (unpaired) electrons. The first kappa shape index (κ1) is 19.4. The maximum Gasteiger partial charge on any atom is 0.253 e. The molecule has 1 saturated heterocycles. The van der Waals surface area contributed by atoms with Crippen LogP contribution in [-0.4, -0.2) is 40.0 Å². The minimum atomic E-state index is -0.377. The zero-order chi connectivity index (χ0) is 19.2. The van der Waals surface area contributed by atoms with Crippen molar-refractivity contribution in [3.8, 4) is 0 Å². The average Bonchev–Trinajstić information content (AvgIpc) is 3.13. The number of piperidine rings is 1. The van der Waals surface area contributed by atoms with Crippen molar-refractivity contribution in [3.63, 3.8) is 0 Å². The number of nitrogens with zero attached hydrogens (tertiary/aromatic N) is 3. The van der Waals surface area contributed by atoms with Crippen molar-refractivity contribution in [1.82, 2.24) is 15.1 Å². The van der Waals surface area contributed by atoms with Gasteiger partial charge in [-0.25, -0.2) is 4.39 Å². The van der Waals surface area contributed by atoms with Crippen LogP contribution >= 0.6 is 11.3 Å². The van der Waals surface area contributed by atoms with Crippen molar-refractivity contribution in [2.45, 2.75) is 39.0 Å². The highest BCUT2D eigenvalue weighted by Gasteiger charge is 2.29. The first-order chi connectivity index (χ1) is 13.1. The lowest BCUT2D eigenvalue weighted by Crippen LogP contribution is -2.43. The van der Waals surface area contributed by atoms with E-state index in [1.165, 1.54) is 35.6 Å². The Labute approximate surface area is 161 Å². The van der Waals surface area contributed by atoms with E-state index in [9.17, 15) is 14.0 Å². The van der Waals surface area contributed by atoms with Crippen molar-refractivity contribution < 1.29 is 14.0 Å². The third-order valence-corrected chi connectivity index (χ3v) is 5.51. The van der Waals surface area contributed by atoms with E-state index in [0.29, 0.717) is 23.8 Å². The lowest BCUT2D eigenvalue weighted by molar-refractivity contribution is -0.121. The molecule has 1 aromatic heterocycles. The van der Waals surface area contributed by atoms with Crippen LogP contribution in [0, 0.1) is 11.7 Å². The number of nitrogens with one attached hydrogen (secondary N) is 1. The van der Waals surface area contributed by atoms with Crippen molar-refractivity contribution in [3.05, 3.63) is 40.7 Å². The van der Waals surface area contributed by atoms with Gasteiger partial charge in [0.15, 0.2) is 0 Å². The van der Waals surface area contributed by atoms with E-state index in [1.54, 1.807) is 4.90 Å². The topological polar surface area (TPSA) is 75.2 Å². The normalized spacial score (nSPS) is 17.0. The standard InChI is InChI=1S/C19H23FN4O2S/c1-2-3-6-16-22-23-19(27-16)21-17(25)14-5-4-11-24(12-14)18(26)13-7-9-15(20)10-8-13/h7-10,14H,2-6,11-12H2,1H3,(H,21,23,25). The number of amides is 2. The number of hydrogen-bond donors (Lipinski definition) is 1. The van der Waals surface area contributed by atoms with E-state index in [2.05, 4.69) is 22.4 Å². The van der Waals surface area contributed by atoms with Crippen LogP contribution in [0.2, 0.25) is 0 Å². The Morgan fingerprint density at radius 3 is 2.81 bits per heavy atom. The molecule has 1 aliphatic heterocycles. The van der Waals surface area contributed by atoms with Crippen LogP contribution in [0.15, 0.2) is 24.3 Å². The Balaban J connectivity index is 1.58. The predicted octanol–water partition coefficient (Wildman–Crippen LogP) is 3.51. The van der Waals surface area contributed by atoms with Gasteiger partial charge in [0, 0.05) is 25.1 Å². The molecule has 144 valence electrons. The second-order valence-electron chi connectivity index (χ2n) is 6.69. The van der Waals surface area contributed by atoms with Crippen molar-refractivity contribution in [2.75, 3.05) is 18.4 Å². The van der Waals surface area contributed by atoms with Gasteiger partial charge >= 0.3 is 0 Å². The predicted molar refractivity (Wildman–Crippen MR) is 102 cm³/mol. The third-order valence-electron chi connectivity index (χ3n) is 4.61. The monoisotopic (exact) mass is 390 g/mol. The van der Waals surface area contributed by atoms with E-state index in [4.69, 9.17) is 0 Å². The summed E-state index contributed by atoms with van der Waals surface area (Å²) in [4.78, 5) is 26.8. The molecule has 8 heteroatoms. The first-order valence-electron chi connectivity index (χ1n) is 9.25. The highest BCUT2D eigenvalue weighted by atomic mass is 32.1. The van der Waals surface area contributed by atoms with Gasteiger partial charge in [0.05, 0.1) is 5.92 Å². The zero-order valence-electron chi connectivity index (χ0n) is 15.3. The number of unbranched alkanes of at least 4 members (excludes halogenated alkanes) is 1. The van der Waals surface area contributed by atoms with E-state index >= 15 is 0 Å². The van der Waals surface area contributed by atoms with Gasteiger partial charge in [0.1, 0.15) is 10.8 Å². The zero-order valence-corrected chi connectivity index (χ0v) is 16.1. The number of carbonyl (C=O) groups excluding carboxylic acids is 2. The van der Waals surface area contributed by atoms with Gasteiger partial charge < -0.3 is 10.2 Å². The van der Waals surface area contributed by atoms with Crippen LogP contribution in [0.4, 0.5) is 9.52 Å². The molecule has 2 aromatic rings. The van der Waals surface area contributed by atoms with Gasteiger partial charge in [0.2, 0.25) is 11.0 Å². The van der Waals surface area contributed by atoms with Gasteiger partial charge in [-0.3, -0.25) is 9.59 Å². The lowest BCUT2D eigenvalue weighted by atomic mass is 9.96. The lowest BCUT2D eigenvalue weighted by Gasteiger charge is -2.32. The maximum atomic E-state index is 13.0. The Kier molecular flexibility index (Phi) is 6.49. The van der Waals surface area contributed by atoms with Crippen LogP contribution in [-0.2, 0) is 11.2 Å². The number of rotatable bonds is 6. The summed E-state index contributed by atoms with van der Waals surface area (Å²) in [5, 5.41) is 12.4. The number of hydrogen-bond acceptors (Lipinski definition) is 5. The SMILES string of the molecule is CCCCc1nnc(NC(=O)C2CCCN(C(=O)c3ccc(F)cc3)C2)s1. The highest BCUT2D eigenvalue weighted by Crippen LogP contribution is 2.22. The molecular formula is C19H23FN4O2S. The number of likely N-dealkylation sites (tertiary alicyclic amines) is 1. The van der Waals surface area contributed by atoms with Crippen LogP contribution in [0.25, 0.3) is 0 Å². The number of halogens is 1. The van der Waals surface area contributed by atoms with Crippen LogP contribution in [0.5, 0.6) is 0 Å². The van der Waals surface area contributed by atoms with Gasteiger partial charge in [0.25, 0.3) is 5.91 Å². The van der Waals surface area contributed by atoms with Crippen molar-refractivity contribution in [2.24, 2.45) is 5.92 Å². The largest absolute Gasteiger partial charge is 0.338 e. The molecule has 0 spiro atoms. The smallest absolute Gasteiger partial charge is 0.253 e. The molecule has 1 N–H and O–H groups in total. The molecule has 2 heterocycles. The first-order valence-corrected chi connectivity index (χ1v) is 10.1. The number of aromatic nitrogens is 2. The molecule has 6 nitrogen and oxygen atoms in total. The second-order valence-corrected chi connectivity index (χ2v) is 7.75. The fraction of sp³-hybridized carbons (Fsp3) is 0.474. The summed E-state index contributed by atoms with van der Waals surface area (Å²) < 4.78 is 13.0. The van der Waals surface area contributed by atoms with Crippen LogP contribution in [0.1, 0.15) is 48.0 Å². The van der Waals surface area contributed by atoms with Crippen LogP contribution in [0.3, 0.4) is 0 Å². The van der Waals surface area contributed by atoms with Crippen molar-refractivity contribution >= 4 is 28.3 Å². The third kappa shape index (κ3) is 5.09. The Morgan fingerprint density at radius 2 is 2.07 bits per heavy atom. The minimum Gasteiger partial charge on any atom is -0.338 e. The molecule has 2 amide bonds. The molecule has 1 aromatic carbocycles. The Hall–Kier alpha value is -2.35. The van der Waals surface area contributed by atoms with Crippen molar-refractivity contribution in [1.29, 1.82) is 0 Å². The summed E-state index contributed by atoms with van der Waals surface area (Å²) in [5.74, 6) is -0.973. The van der Waals surface area contributed by atoms with E-state index in [-0.39, 0.29) is 23.5 Å². The molecule has 1 aliphatic rings. The summed E-state index contributed by atoms with van der Waals surface area (Å²) in [6, 6.07) is 5.49. The molecule has 0 bridgehead atoms. The molecule has 0 saturated carbocycles. The fourth-order valence-corrected chi connectivity index (χ4v) is 3.88. The molecular weight excluding hydrogens is 367 g/mol. The minimum absolute atomic E-state index is 0.134. The molecule has 1 fully saturated rings. The van der Waals surface area contributed by atoms with E-state index in [1.807, 2.05) is 0 Å². The Bertz CT molecular complexity index is 793. The van der Waals surface area contributed by atoms with E-state index in [0.717, 1.165) is 37.1 Å². The highest BCUT2D eigenvalue weighted by molar-refractivity contribution is 7.15. The summed E-state index contributed by atoms with van der Waals surface area (Å²) in [6.45, 7) is 3.06. The molecule has 1 atom stereocenters. The van der Waals surface area contributed by atoms with Gasteiger partial charge in [-0.15, -0.1) is 10.2 Å². The number of aryl methyl sites for hydroxylation is 1. The number of carbonyl (C=O) groups is 2. The fourth-order valence-electron chi connectivity index (χ4n) is 3.09. The molecule has 1 unspecified atom stereocenters. The van der Waals surface area contributed by atoms with Gasteiger partial charge in [-0.1, -0.05) is 24.7 Å². The average molecular weight is 390 g/mol. The second kappa shape index (κ2) is 9.03. The summed E-state index contributed by atoms with van der Waals surface area (Å²) in [6.07, 6.45) is 4.48. The summed E-state index contributed by atoms with van der Waals surface area (Å²) in [7, 11) is 0. The summed E-state index contributed by atoms with van der Waals surface area (Å²) >= 11 is 1.40. The molecule has 27 heavy (non-hydrogen) atoms.